The van der Waals surface area contributed by atoms with E-state index in [4.69, 9.17) is 4.74 Å². The Kier molecular flexibility index (Phi) is 5.57. The van der Waals surface area contributed by atoms with Crippen LogP contribution in [0.25, 0.3) is 0 Å². The molecular weight excluding hydrogens is 324 g/mol. The number of rotatable bonds is 4. The average molecular weight is 342 g/mol. The molecule has 0 radical (unpaired) electrons. The molecule has 1 N–H and O–H groups in total. The van der Waals surface area contributed by atoms with Gasteiger partial charge in [0.2, 0.25) is 5.12 Å². The molecule has 2 aliphatic rings. The van der Waals surface area contributed by atoms with E-state index in [0.29, 0.717) is 24.2 Å². The molecule has 0 bridgehead atoms. The van der Waals surface area contributed by atoms with Crippen molar-refractivity contribution in [3.05, 3.63) is 23.2 Å². The molecule has 120 valence electrons. The molecule has 0 aromatic carbocycles. The molecule has 2 aliphatic heterocycles. The van der Waals surface area contributed by atoms with Gasteiger partial charge >= 0.3 is 5.97 Å². The first-order chi connectivity index (χ1) is 10.5. The van der Waals surface area contributed by atoms with E-state index >= 15 is 0 Å². The maximum atomic E-state index is 12.6. The van der Waals surface area contributed by atoms with E-state index in [1.807, 2.05) is 13.2 Å². The molecule has 0 aromatic rings. The van der Waals surface area contributed by atoms with Crippen LogP contribution in [0.3, 0.4) is 0 Å². The largest absolute Gasteiger partial charge is 0.462 e. The third-order valence-corrected chi connectivity index (χ3v) is 5.00. The summed E-state index contributed by atoms with van der Waals surface area (Å²) < 4.78 is 4.89. The molecule has 2 rings (SSSR count). The van der Waals surface area contributed by atoms with E-state index in [1.54, 1.807) is 6.92 Å². The van der Waals surface area contributed by atoms with Gasteiger partial charge in [-0.15, -0.1) is 0 Å². The summed E-state index contributed by atoms with van der Waals surface area (Å²) in [4.78, 5) is 38.1. The Morgan fingerprint density at radius 2 is 2.23 bits per heavy atom. The number of nitrogens with zero attached hydrogens (tertiary/aromatic N) is 1. The highest BCUT2D eigenvalue weighted by molar-refractivity contribution is 8.82. The zero-order chi connectivity index (χ0) is 16.3. The second-order valence-corrected chi connectivity index (χ2v) is 7.22. The van der Waals surface area contributed by atoms with Crippen molar-refractivity contribution in [2.24, 2.45) is 0 Å². The van der Waals surface area contributed by atoms with Crippen molar-refractivity contribution >= 4 is 38.6 Å². The Balaban J connectivity index is 2.37. The Morgan fingerprint density at radius 3 is 2.86 bits per heavy atom. The van der Waals surface area contributed by atoms with Crippen LogP contribution in [0.2, 0.25) is 0 Å². The van der Waals surface area contributed by atoms with Gasteiger partial charge in [0.25, 0.3) is 5.91 Å². The molecule has 2 heterocycles. The molecule has 6 nitrogen and oxygen atoms in total. The standard InChI is InChI=1S/C14H18N2O4S2/c1-4-20-13(18)10-7-15-11-9(14(19)22-21-3)6-5-8(2)16(11)12(10)17/h7-8,15H,4-6H2,1-3H3. The summed E-state index contributed by atoms with van der Waals surface area (Å²) in [7, 11) is 2.51. The van der Waals surface area contributed by atoms with Gasteiger partial charge in [-0.2, -0.15) is 0 Å². The monoisotopic (exact) mass is 342 g/mol. The topological polar surface area (TPSA) is 75.7 Å². The Morgan fingerprint density at radius 1 is 1.50 bits per heavy atom. The van der Waals surface area contributed by atoms with E-state index in [1.165, 1.54) is 21.9 Å². The maximum absolute atomic E-state index is 12.6. The molecule has 22 heavy (non-hydrogen) atoms. The van der Waals surface area contributed by atoms with Gasteiger partial charge in [-0.25, -0.2) is 4.79 Å². The van der Waals surface area contributed by atoms with Crippen molar-refractivity contribution in [3.8, 4) is 0 Å². The summed E-state index contributed by atoms with van der Waals surface area (Å²) in [5.74, 6) is -0.578. The molecule has 8 heteroatoms. The lowest BCUT2D eigenvalue weighted by Gasteiger charge is -2.39. The highest BCUT2D eigenvalue weighted by Crippen LogP contribution is 2.34. The normalized spacial score (nSPS) is 21.0. The van der Waals surface area contributed by atoms with Crippen molar-refractivity contribution in [2.45, 2.75) is 32.7 Å². The lowest BCUT2D eigenvalue weighted by molar-refractivity contribution is -0.142. The van der Waals surface area contributed by atoms with Crippen molar-refractivity contribution in [1.82, 2.24) is 10.2 Å². The van der Waals surface area contributed by atoms with Gasteiger partial charge in [0, 0.05) is 17.8 Å². The van der Waals surface area contributed by atoms with E-state index in [2.05, 4.69) is 5.32 Å². The minimum Gasteiger partial charge on any atom is -0.462 e. The predicted octanol–water partition coefficient (Wildman–Crippen LogP) is 1.80. The molecule has 1 unspecified atom stereocenters. The van der Waals surface area contributed by atoms with Crippen LogP contribution in [0.4, 0.5) is 0 Å². The minimum atomic E-state index is -0.650. The van der Waals surface area contributed by atoms with Gasteiger partial charge in [0.05, 0.1) is 6.61 Å². The number of hydrogen-bond acceptors (Lipinski definition) is 7. The molecule has 0 saturated heterocycles. The van der Waals surface area contributed by atoms with E-state index in [0.717, 1.165) is 10.8 Å². The van der Waals surface area contributed by atoms with E-state index < -0.39 is 11.9 Å². The second kappa shape index (κ2) is 7.23. The number of amides is 1. The van der Waals surface area contributed by atoms with Gasteiger partial charge < -0.3 is 10.1 Å². The quantitative estimate of drug-likeness (QED) is 0.474. The fourth-order valence-electron chi connectivity index (χ4n) is 2.44. The zero-order valence-corrected chi connectivity index (χ0v) is 14.3. The molecular formula is C14H18N2O4S2. The summed E-state index contributed by atoms with van der Waals surface area (Å²) in [6.45, 7) is 3.79. The van der Waals surface area contributed by atoms with Crippen molar-refractivity contribution in [3.63, 3.8) is 0 Å². The number of hydrogen-bond donors (Lipinski definition) is 1. The molecule has 1 amide bonds. The Bertz CT molecular complexity index is 571. The molecule has 0 fully saturated rings. The van der Waals surface area contributed by atoms with Gasteiger partial charge in [0.15, 0.2) is 0 Å². The molecule has 0 spiro atoms. The van der Waals surface area contributed by atoms with Gasteiger partial charge in [-0.1, -0.05) is 10.8 Å². The summed E-state index contributed by atoms with van der Waals surface area (Å²) >= 11 is 0. The lowest BCUT2D eigenvalue weighted by Crippen LogP contribution is -2.50. The number of fused-ring (bicyclic) bond motifs is 1. The third-order valence-electron chi connectivity index (χ3n) is 3.48. The van der Waals surface area contributed by atoms with Gasteiger partial charge in [-0.05, 0) is 43.7 Å². The fourth-order valence-corrected chi connectivity index (χ4v) is 3.64. The Hall–Kier alpha value is -1.41. The Labute approximate surface area is 137 Å². The minimum absolute atomic E-state index is 0.0383. The maximum Gasteiger partial charge on any atom is 0.345 e. The molecule has 0 aliphatic carbocycles. The van der Waals surface area contributed by atoms with Crippen molar-refractivity contribution in [1.29, 1.82) is 0 Å². The number of carbonyl (C=O) groups excluding carboxylic acids is 3. The predicted molar refractivity (Wildman–Crippen MR) is 86.5 cm³/mol. The van der Waals surface area contributed by atoms with Crippen LogP contribution in [0.5, 0.6) is 0 Å². The van der Waals surface area contributed by atoms with Crippen LogP contribution in [0, 0.1) is 0 Å². The van der Waals surface area contributed by atoms with Crippen LogP contribution in [0.1, 0.15) is 26.7 Å². The molecule has 1 atom stereocenters. The summed E-state index contributed by atoms with van der Waals surface area (Å²) in [6.07, 6.45) is 4.46. The first-order valence-corrected chi connectivity index (χ1v) is 9.52. The van der Waals surface area contributed by atoms with Crippen LogP contribution in [0.15, 0.2) is 23.2 Å². The highest BCUT2D eigenvalue weighted by atomic mass is 33.1. The van der Waals surface area contributed by atoms with Crippen LogP contribution < -0.4 is 5.32 Å². The number of carbonyl (C=O) groups is 3. The lowest BCUT2D eigenvalue weighted by atomic mass is 9.98. The molecule has 0 aromatic heterocycles. The van der Waals surface area contributed by atoms with Crippen LogP contribution in [-0.2, 0) is 19.1 Å². The zero-order valence-electron chi connectivity index (χ0n) is 12.7. The first kappa shape index (κ1) is 17.0. The highest BCUT2D eigenvalue weighted by Gasteiger charge is 2.39. The number of esters is 1. The van der Waals surface area contributed by atoms with Crippen molar-refractivity contribution in [2.75, 3.05) is 12.9 Å². The SMILES string of the molecule is CCOC(=O)C1=CNC2=C(C(=O)SSC)CCC(C)N2C1=O. The van der Waals surface area contributed by atoms with Gasteiger partial charge in [0.1, 0.15) is 11.4 Å². The molecule has 0 saturated carbocycles. The average Bonchev–Trinajstić information content (AvgIpc) is 2.48. The summed E-state index contributed by atoms with van der Waals surface area (Å²) in [6, 6.07) is -0.0797. The van der Waals surface area contributed by atoms with Crippen LogP contribution >= 0.6 is 21.6 Å². The first-order valence-electron chi connectivity index (χ1n) is 6.96. The van der Waals surface area contributed by atoms with E-state index in [-0.39, 0.29) is 23.3 Å². The van der Waals surface area contributed by atoms with Crippen molar-refractivity contribution < 1.29 is 19.1 Å². The number of ether oxygens (including phenoxy) is 1. The van der Waals surface area contributed by atoms with E-state index in [9.17, 15) is 14.4 Å². The van der Waals surface area contributed by atoms with Crippen LogP contribution in [-0.4, -0.2) is 40.8 Å². The summed E-state index contributed by atoms with van der Waals surface area (Å²) in [5, 5.41) is 2.88. The van der Waals surface area contributed by atoms with Gasteiger partial charge in [-0.3, -0.25) is 14.5 Å². The summed E-state index contributed by atoms with van der Waals surface area (Å²) in [5.41, 5.74) is 0.550. The third kappa shape index (κ3) is 3.17. The smallest absolute Gasteiger partial charge is 0.345 e. The number of nitrogens with one attached hydrogen (secondary N) is 1. The fraction of sp³-hybridized carbons (Fsp3) is 0.500. The second-order valence-electron chi connectivity index (χ2n) is 4.85.